The fraction of sp³-hybridized carbons (Fsp3) is 0.419. The van der Waals surface area contributed by atoms with Crippen LogP contribution < -0.4 is 9.64 Å². The van der Waals surface area contributed by atoms with Crippen LogP contribution in [0.25, 0.3) is 32.9 Å². The highest BCUT2D eigenvalue weighted by atomic mass is 32.2. The van der Waals surface area contributed by atoms with Gasteiger partial charge < -0.3 is 19.1 Å². The van der Waals surface area contributed by atoms with E-state index < -0.39 is 26.4 Å². The third kappa shape index (κ3) is 5.61. The van der Waals surface area contributed by atoms with Gasteiger partial charge in [-0.05, 0) is 56.5 Å². The molecule has 6 rings (SSSR count). The van der Waals surface area contributed by atoms with Crippen LogP contribution in [-0.4, -0.2) is 85.3 Å². The summed E-state index contributed by atoms with van der Waals surface area (Å²) in [6, 6.07) is 10.6. The first kappa shape index (κ1) is 29.9. The predicted octanol–water partition coefficient (Wildman–Crippen LogP) is 4.96. The van der Waals surface area contributed by atoms with Gasteiger partial charge in [-0.25, -0.2) is 27.6 Å². The van der Waals surface area contributed by atoms with Crippen LogP contribution in [0.3, 0.4) is 0 Å². The summed E-state index contributed by atoms with van der Waals surface area (Å²) in [6.07, 6.45) is 3.61. The second kappa shape index (κ2) is 11.1. The summed E-state index contributed by atoms with van der Waals surface area (Å²) in [7, 11) is -2.41. The average Bonchev–Trinajstić information content (AvgIpc) is 3.23. The molecule has 2 saturated heterocycles. The molecule has 2 aromatic heterocycles. The number of pyridine rings is 1. The Morgan fingerprint density at radius 3 is 2.43 bits per heavy atom. The van der Waals surface area contributed by atoms with Crippen molar-refractivity contribution >= 4 is 43.4 Å². The number of nitrogens with zero attached hydrogens (tertiary/aromatic N) is 5. The Morgan fingerprint density at radius 2 is 1.77 bits per heavy atom. The average molecular weight is 624 g/mol. The smallest absolute Gasteiger partial charge is 0.410 e. The van der Waals surface area contributed by atoms with Crippen LogP contribution in [0.15, 0.2) is 47.8 Å². The third-order valence-corrected chi connectivity index (χ3v) is 8.64. The standard InChI is InChI=1S/C31H34FN5O6S/c1-31(2,3)43-30(38)37-19-10-11-20(37)16-36(15-19)28-24-14-33-26(25(32)27(24)34-29(35-28)44(5,39)40)23-13-21(42-17-41-4)12-18-8-6-7-9-22(18)23/h6-9,12-14,19-20H,10-11,15-17H2,1-5H3. The molecule has 2 aromatic carbocycles. The van der Waals surface area contributed by atoms with Crippen molar-refractivity contribution in [3.05, 3.63) is 48.4 Å². The molecule has 13 heteroatoms. The minimum atomic E-state index is -3.91. The van der Waals surface area contributed by atoms with Gasteiger partial charge in [0.05, 0.1) is 17.5 Å². The number of piperazine rings is 1. The Hall–Kier alpha value is -4.10. The topological polar surface area (TPSA) is 124 Å². The van der Waals surface area contributed by atoms with Crippen LogP contribution >= 0.6 is 0 Å². The van der Waals surface area contributed by atoms with E-state index in [1.54, 1.807) is 11.0 Å². The predicted molar refractivity (Wildman–Crippen MR) is 163 cm³/mol. The number of hydrogen-bond acceptors (Lipinski definition) is 10. The highest BCUT2D eigenvalue weighted by molar-refractivity contribution is 7.90. The van der Waals surface area contributed by atoms with Gasteiger partial charge >= 0.3 is 6.09 Å². The zero-order valence-corrected chi connectivity index (χ0v) is 26.0. The number of anilines is 1. The van der Waals surface area contributed by atoms with Crippen molar-refractivity contribution in [2.24, 2.45) is 0 Å². The number of sulfone groups is 1. The van der Waals surface area contributed by atoms with Crippen molar-refractivity contribution in [1.29, 1.82) is 0 Å². The van der Waals surface area contributed by atoms with Crippen LogP contribution in [-0.2, 0) is 19.3 Å². The summed E-state index contributed by atoms with van der Waals surface area (Å²) in [5.41, 5.74) is -0.341. The Labute approximate surface area is 254 Å². The number of methoxy groups -OCH3 is 1. The van der Waals surface area contributed by atoms with E-state index in [1.165, 1.54) is 13.3 Å². The van der Waals surface area contributed by atoms with Crippen molar-refractivity contribution < 1.29 is 31.8 Å². The molecule has 0 radical (unpaired) electrons. The summed E-state index contributed by atoms with van der Waals surface area (Å²) < 4.78 is 58.4. The molecule has 4 heterocycles. The fourth-order valence-corrected chi connectivity index (χ4v) is 6.50. The second-order valence-electron chi connectivity index (χ2n) is 12.2. The Balaban J connectivity index is 1.46. The molecule has 2 aliphatic heterocycles. The van der Waals surface area contributed by atoms with E-state index in [0.717, 1.165) is 29.9 Å². The number of carbonyl (C=O) groups excluding carboxylic acids is 1. The van der Waals surface area contributed by atoms with Gasteiger partial charge in [-0.2, -0.15) is 0 Å². The van der Waals surface area contributed by atoms with Crippen LogP contribution in [0.1, 0.15) is 33.6 Å². The second-order valence-corrected chi connectivity index (χ2v) is 14.1. The third-order valence-electron chi connectivity index (χ3n) is 7.80. The molecule has 2 atom stereocenters. The number of aromatic nitrogens is 3. The van der Waals surface area contributed by atoms with Gasteiger partial charge in [0.25, 0.3) is 0 Å². The van der Waals surface area contributed by atoms with E-state index in [-0.39, 0.29) is 47.4 Å². The Morgan fingerprint density at radius 1 is 1.07 bits per heavy atom. The molecule has 44 heavy (non-hydrogen) atoms. The zero-order chi connectivity index (χ0) is 31.4. The van der Waals surface area contributed by atoms with E-state index in [2.05, 4.69) is 15.0 Å². The first-order valence-electron chi connectivity index (χ1n) is 14.3. The van der Waals surface area contributed by atoms with Crippen molar-refractivity contribution in [3.63, 3.8) is 0 Å². The van der Waals surface area contributed by atoms with E-state index in [1.807, 2.05) is 56.0 Å². The normalized spacial score (nSPS) is 18.7. The molecular weight excluding hydrogens is 589 g/mol. The summed E-state index contributed by atoms with van der Waals surface area (Å²) in [6.45, 7) is 6.22. The van der Waals surface area contributed by atoms with E-state index in [0.29, 0.717) is 24.4 Å². The maximum atomic E-state index is 16.6. The molecule has 11 nitrogen and oxygen atoms in total. The number of ether oxygens (including phenoxy) is 3. The number of halogens is 1. The lowest BCUT2D eigenvalue weighted by Gasteiger charge is -2.42. The van der Waals surface area contributed by atoms with Gasteiger partial charge in [0, 0.05) is 38.2 Å². The highest BCUT2D eigenvalue weighted by Crippen LogP contribution is 2.39. The molecule has 0 aliphatic carbocycles. The van der Waals surface area contributed by atoms with Gasteiger partial charge in [0.2, 0.25) is 15.0 Å². The lowest BCUT2D eigenvalue weighted by atomic mass is 10.00. The van der Waals surface area contributed by atoms with Crippen molar-refractivity contribution in [1.82, 2.24) is 19.9 Å². The number of rotatable bonds is 6. The maximum absolute atomic E-state index is 16.6. The van der Waals surface area contributed by atoms with Gasteiger partial charge in [-0.15, -0.1) is 0 Å². The summed E-state index contributed by atoms with van der Waals surface area (Å²) in [5, 5.41) is 1.33. The SMILES string of the molecule is COCOc1cc(-c2ncc3c(N4CC5CCC(C4)N5C(=O)OC(C)(C)C)nc(S(C)(=O)=O)nc3c2F)c2ccccc2c1. The number of carbonyl (C=O) groups is 1. The number of fused-ring (bicyclic) bond motifs is 4. The highest BCUT2D eigenvalue weighted by Gasteiger charge is 2.45. The van der Waals surface area contributed by atoms with Gasteiger partial charge in [-0.1, -0.05) is 24.3 Å². The van der Waals surface area contributed by atoms with Crippen LogP contribution in [0.2, 0.25) is 0 Å². The lowest BCUT2D eigenvalue weighted by Crippen LogP contribution is -2.57. The molecule has 4 aromatic rings. The quantitative estimate of drug-likeness (QED) is 0.215. The largest absolute Gasteiger partial charge is 0.468 e. The van der Waals surface area contributed by atoms with Crippen molar-refractivity contribution in [2.45, 2.75) is 56.5 Å². The van der Waals surface area contributed by atoms with Crippen LogP contribution in [0.4, 0.5) is 15.0 Å². The zero-order valence-electron chi connectivity index (χ0n) is 25.2. The van der Waals surface area contributed by atoms with Crippen LogP contribution in [0.5, 0.6) is 5.75 Å². The molecular formula is C31H34FN5O6S. The van der Waals surface area contributed by atoms with Crippen molar-refractivity contribution in [3.8, 4) is 17.0 Å². The first-order chi connectivity index (χ1) is 20.8. The summed E-state index contributed by atoms with van der Waals surface area (Å²) >= 11 is 0. The molecule has 0 saturated carbocycles. The van der Waals surface area contributed by atoms with Gasteiger partial charge in [-0.3, -0.25) is 9.88 Å². The van der Waals surface area contributed by atoms with Crippen molar-refractivity contribution in [2.75, 3.05) is 38.1 Å². The molecule has 232 valence electrons. The first-order valence-corrected chi connectivity index (χ1v) is 16.2. The molecule has 0 spiro atoms. The fourth-order valence-electron chi connectivity index (χ4n) is 5.99. The van der Waals surface area contributed by atoms with Crippen LogP contribution in [0, 0.1) is 5.82 Å². The van der Waals surface area contributed by atoms with E-state index in [4.69, 9.17) is 14.2 Å². The van der Waals surface area contributed by atoms with E-state index >= 15 is 4.39 Å². The monoisotopic (exact) mass is 623 g/mol. The molecule has 2 bridgehead atoms. The summed E-state index contributed by atoms with van der Waals surface area (Å²) in [5.74, 6) is -0.0583. The lowest BCUT2D eigenvalue weighted by molar-refractivity contribution is 0.0123. The Bertz CT molecular complexity index is 1870. The maximum Gasteiger partial charge on any atom is 0.410 e. The van der Waals surface area contributed by atoms with E-state index in [9.17, 15) is 13.2 Å². The Kier molecular flexibility index (Phi) is 7.57. The molecule has 0 N–H and O–H groups in total. The molecule has 2 unspecified atom stereocenters. The summed E-state index contributed by atoms with van der Waals surface area (Å²) in [4.78, 5) is 29.8. The minimum Gasteiger partial charge on any atom is -0.468 e. The number of benzene rings is 2. The molecule has 2 aliphatic rings. The molecule has 1 amide bonds. The number of amides is 1. The number of hydrogen-bond donors (Lipinski definition) is 0. The van der Waals surface area contributed by atoms with Gasteiger partial charge in [0.1, 0.15) is 28.4 Å². The minimum absolute atomic E-state index is 0.00287. The molecule has 2 fully saturated rings. The van der Waals surface area contributed by atoms with Gasteiger partial charge in [0.15, 0.2) is 12.6 Å².